The number of rotatable bonds is 11. The molecule has 1 aliphatic carbocycles. The zero-order chi connectivity index (χ0) is 24.2. The van der Waals surface area contributed by atoms with Crippen molar-refractivity contribution in [2.24, 2.45) is 0 Å². The normalized spacial score (nSPS) is 17.0. The number of aromatic nitrogens is 4. The van der Waals surface area contributed by atoms with Gasteiger partial charge in [0.2, 0.25) is 5.88 Å². The lowest BCUT2D eigenvalue weighted by atomic mass is 10.1. The largest absolute Gasteiger partial charge is 0.477 e. The lowest BCUT2D eigenvalue weighted by Crippen LogP contribution is -2.51. The van der Waals surface area contributed by atoms with Crippen molar-refractivity contribution < 1.29 is 13.9 Å². The van der Waals surface area contributed by atoms with Crippen molar-refractivity contribution in [3.63, 3.8) is 0 Å². The Morgan fingerprint density at radius 1 is 1.31 bits per heavy atom. The van der Waals surface area contributed by atoms with E-state index >= 15 is 0 Å². The maximum absolute atomic E-state index is 13.4. The molecular weight excluding hydrogens is 489 g/mol. The number of nitrogens with zero attached hydrogens (tertiary/aromatic N) is 5. The minimum atomic E-state index is -0.822. The molecule has 0 bridgehead atoms. The van der Waals surface area contributed by atoms with Crippen molar-refractivity contribution in [3.05, 3.63) is 47.6 Å². The van der Waals surface area contributed by atoms with Gasteiger partial charge in [0.05, 0.1) is 35.6 Å². The number of pyridine rings is 1. The van der Waals surface area contributed by atoms with Crippen LogP contribution in [0.1, 0.15) is 41.3 Å². The van der Waals surface area contributed by atoms with Gasteiger partial charge in [0.25, 0.3) is 5.91 Å². The van der Waals surface area contributed by atoms with Crippen LogP contribution in [-0.2, 0) is 0 Å². The van der Waals surface area contributed by atoms with Crippen molar-refractivity contribution in [2.45, 2.75) is 37.2 Å². The maximum Gasteiger partial charge on any atom is 0.280 e. The molecule has 9 nitrogen and oxygen atoms in total. The Bertz CT molecular complexity index is 1170. The number of hydrogen-bond acceptors (Lipinski definition) is 10. The summed E-state index contributed by atoms with van der Waals surface area (Å²) in [5.41, 5.74) is 2.24. The van der Waals surface area contributed by atoms with Gasteiger partial charge in [-0.1, -0.05) is 0 Å². The van der Waals surface area contributed by atoms with E-state index in [9.17, 15) is 9.18 Å². The van der Waals surface area contributed by atoms with Crippen LogP contribution >= 0.6 is 23.3 Å². The van der Waals surface area contributed by atoms with Gasteiger partial charge < -0.3 is 14.8 Å². The Morgan fingerprint density at radius 3 is 2.94 bits per heavy atom. The van der Waals surface area contributed by atoms with Gasteiger partial charge in [0.1, 0.15) is 11.9 Å². The first kappa shape index (κ1) is 23.9. The molecule has 1 saturated carbocycles. The first-order valence-electron chi connectivity index (χ1n) is 11.5. The number of likely N-dealkylation sites (tertiary alicyclic amines) is 1. The summed E-state index contributed by atoms with van der Waals surface area (Å²) in [6.07, 6.45) is 8.12. The van der Waals surface area contributed by atoms with Crippen LogP contribution in [0.4, 0.5) is 10.1 Å². The third kappa shape index (κ3) is 6.24. The first-order valence-corrected chi connectivity index (χ1v) is 13.2. The number of alkyl halides is 1. The molecule has 0 aromatic carbocycles. The van der Waals surface area contributed by atoms with E-state index in [0.717, 1.165) is 5.69 Å². The third-order valence-electron chi connectivity index (χ3n) is 5.52. The smallest absolute Gasteiger partial charge is 0.280 e. The standard InChI is InChI=1S/C23H26FN7O2S2/c1-2-33-21-10-25-8-18(28-21)20-9-27-23(34-20)22(32)29-19(13-31-11-14(24)12-31)17-7-15(5-6-26-17)30-35-16-3-4-16/h5-10,14,16,19H,2-4,11-13H2,1H3,(H,26,30)(H,29,32). The average Bonchev–Trinajstić information content (AvgIpc) is 3.55. The number of carbonyl (C=O) groups excluding carboxylic acids is 1. The van der Waals surface area contributed by atoms with Crippen molar-refractivity contribution >= 4 is 34.9 Å². The number of halogens is 1. The number of amides is 1. The summed E-state index contributed by atoms with van der Waals surface area (Å²) < 4.78 is 22.2. The molecule has 1 atom stereocenters. The van der Waals surface area contributed by atoms with Crippen LogP contribution in [0.3, 0.4) is 0 Å². The average molecular weight is 516 g/mol. The summed E-state index contributed by atoms with van der Waals surface area (Å²) in [4.78, 5) is 33.2. The molecular formula is C23H26FN7O2S2. The van der Waals surface area contributed by atoms with Gasteiger partial charge in [-0.25, -0.2) is 14.4 Å². The molecule has 4 heterocycles. The summed E-state index contributed by atoms with van der Waals surface area (Å²) in [6, 6.07) is 3.44. The van der Waals surface area contributed by atoms with Crippen LogP contribution in [-0.4, -0.2) is 68.4 Å². The summed E-state index contributed by atoms with van der Waals surface area (Å²) in [7, 11) is 0. The molecule has 184 valence electrons. The molecule has 35 heavy (non-hydrogen) atoms. The predicted octanol–water partition coefficient (Wildman–Crippen LogP) is 3.74. The van der Waals surface area contributed by atoms with Crippen molar-refractivity contribution in [2.75, 3.05) is 31.0 Å². The molecule has 1 unspecified atom stereocenters. The molecule has 2 aliphatic rings. The van der Waals surface area contributed by atoms with E-state index in [1.54, 1.807) is 36.7 Å². The fourth-order valence-electron chi connectivity index (χ4n) is 3.57. The van der Waals surface area contributed by atoms with Crippen LogP contribution in [0, 0.1) is 0 Å². The van der Waals surface area contributed by atoms with E-state index in [0.29, 0.717) is 58.6 Å². The minimum absolute atomic E-state index is 0.305. The van der Waals surface area contributed by atoms with Gasteiger partial charge >= 0.3 is 0 Å². The molecule has 1 saturated heterocycles. The van der Waals surface area contributed by atoms with E-state index in [1.165, 1.54) is 24.2 Å². The van der Waals surface area contributed by atoms with Crippen molar-refractivity contribution in [3.8, 4) is 16.5 Å². The molecule has 2 fully saturated rings. The van der Waals surface area contributed by atoms with Crippen LogP contribution in [0.25, 0.3) is 10.6 Å². The molecule has 2 N–H and O–H groups in total. The van der Waals surface area contributed by atoms with Crippen LogP contribution in [0.2, 0.25) is 0 Å². The zero-order valence-electron chi connectivity index (χ0n) is 19.2. The highest BCUT2D eigenvalue weighted by Crippen LogP contribution is 2.34. The minimum Gasteiger partial charge on any atom is -0.477 e. The molecule has 5 rings (SSSR count). The van der Waals surface area contributed by atoms with Gasteiger partial charge in [0.15, 0.2) is 5.01 Å². The summed E-state index contributed by atoms with van der Waals surface area (Å²) in [5.74, 6) is 0.106. The van der Waals surface area contributed by atoms with Crippen molar-refractivity contribution in [1.29, 1.82) is 0 Å². The molecule has 0 radical (unpaired) electrons. The highest BCUT2D eigenvalue weighted by Gasteiger charge is 2.30. The van der Waals surface area contributed by atoms with E-state index < -0.39 is 12.2 Å². The van der Waals surface area contributed by atoms with Gasteiger partial charge in [-0.05, 0) is 43.8 Å². The maximum atomic E-state index is 13.4. The molecule has 3 aromatic rings. The molecule has 0 spiro atoms. The van der Waals surface area contributed by atoms with E-state index in [2.05, 4.69) is 30.0 Å². The second-order valence-corrected chi connectivity index (χ2v) is 10.6. The molecule has 1 aliphatic heterocycles. The van der Waals surface area contributed by atoms with Gasteiger partial charge in [-0.2, -0.15) is 0 Å². The Labute approximate surface area is 211 Å². The number of anilines is 1. The Balaban J connectivity index is 1.30. The molecule has 3 aromatic heterocycles. The SMILES string of the molecule is CCOc1cncc(-c2cnc(C(=O)NC(CN3CC(F)C3)c3cc(NSC4CC4)ccn3)s2)n1. The summed E-state index contributed by atoms with van der Waals surface area (Å²) in [6.45, 7) is 3.55. The molecule has 12 heteroatoms. The number of nitrogens with one attached hydrogen (secondary N) is 2. The fraction of sp³-hybridized carbons (Fsp3) is 0.435. The Kier molecular flexibility index (Phi) is 7.40. The number of ether oxygens (including phenoxy) is 1. The van der Waals surface area contributed by atoms with E-state index in [-0.39, 0.29) is 5.91 Å². The van der Waals surface area contributed by atoms with Gasteiger partial charge in [-0.15, -0.1) is 11.3 Å². The van der Waals surface area contributed by atoms with Crippen LogP contribution in [0.5, 0.6) is 5.88 Å². The Morgan fingerprint density at radius 2 is 2.17 bits per heavy atom. The summed E-state index contributed by atoms with van der Waals surface area (Å²) >= 11 is 2.94. The predicted molar refractivity (Wildman–Crippen MR) is 134 cm³/mol. The second kappa shape index (κ2) is 10.8. The first-order chi connectivity index (χ1) is 17.1. The summed E-state index contributed by atoms with van der Waals surface area (Å²) in [5, 5.41) is 4.01. The molecule has 1 amide bonds. The highest BCUT2D eigenvalue weighted by molar-refractivity contribution is 8.01. The number of carbonyl (C=O) groups is 1. The van der Waals surface area contributed by atoms with E-state index in [1.807, 2.05) is 24.0 Å². The quantitative estimate of drug-likeness (QED) is 0.370. The topological polar surface area (TPSA) is 105 Å². The van der Waals surface area contributed by atoms with Gasteiger partial charge in [-0.3, -0.25) is 19.7 Å². The van der Waals surface area contributed by atoms with Crippen molar-refractivity contribution in [1.82, 2.24) is 30.2 Å². The monoisotopic (exact) mass is 515 g/mol. The van der Waals surface area contributed by atoms with Crippen LogP contribution in [0.15, 0.2) is 36.9 Å². The van der Waals surface area contributed by atoms with Gasteiger partial charge in [0, 0.05) is 43.0 Å². The zero-order valence-corrected chi connectivity index (χ0v) is 20.8. The Hall–Kier alpha value is -2.83. The number of hydrogen-bond donors (Lipinski definition) is 2. The fourth-order valence-corrected chi connectivity index (χ4v) is 5.14. The lowest BCUT2D eigenvalue weighted by Gasteiger charge is -2.36. The second-order valence-electron chi connectivity index (χ2n) is 8.44. The van der Waals surface area contributed by atoms with E-state index in [4.69, 9.17) is 4.74 Å². The number of thiazole rings is 1. The highest BCUT2D eigenvalue weighted by atomic mass is 32.2. The third-order valence-corrected chi connectivity index (χ3v) is 7.70. The lowest BCUT2D eigenvalue weighted by molar-refractivity contribution is 0.0547. The van der Waals surface area contributed by atoms with Crippen LogP contribution < -0.4 is 14.8 Å².